The summed E-state index contributed by atoms with van der Waals surface area (Å²) in [6.07, 6.45) is 6.34. The number of carbonyl (C=O) groups excluding carboxylic acids is 1. The Morgan fingerprint density at radius 1 is 1.33 bits per heavy atom. The van der Waals surface area contributed by atoms with Crippen molar-refractivity contribution in [1.82, 2.24) is 10.2 Å². The third-order valence-corrected chi connectivity index (χ3v) is 3.69. The summed E-state index contributed by atoms with van der Waals surface area (Å²) in [5.74, 6) is 0.0786. The van der Waals surface area contributed by atoms with E-state index in [2.05, 4.69) is 11.4 Å². The van der Waals surface area contributed by atoms with Crippen molar-refractivity contribution >= 4 is 5.91 Å². The lowest BCUT2D eigenvalue weighted by Crippen LogP contribution is -2.42. The Labute approximate surface area is 110 Å². The van der Waals surface area contributed by atoms with Gasteiger partial charge in [-0.15, -0.1) is 0 Å². The molecule has 0 bridgehead atoms. The highest BCUT2D eigenvalue weighted by molar-refractivity contribution is 5.77. The number of nitrogens with one attached hydrogen (secondary N) is 1. The second kappa shape index (κ2) is 8.10. The second-order valence-corrected chi connectivity index (χ2v) is 4.95. The lowest BCUT2D eigenvalue weighted by molar-refractivity contribution is -0.131. The van der Waals surface area contributed by atoms with Gasteiger partial charge in [0.05, 0.1) is 12.5 Å². The molecule has 1 aliphatic rings. The SMILES string of the molecule is CCN(CC)C(=O)CC(C#N)NC1CCCCC1. The summed E-state index contributed by atoms with van der Waals surface area (Å²) < 4.78 is 0. The summed E-state index contributed by atoms with van der Waals surface area (Å²) in [7, 11) is 0. The Morgan fingerprint density at radius 2 is 1.94 bits per heavy atom. The van der Waals surface area contributed by atoms with Crippen LogP contribution in [0.2, 0.25) is 0 Å². The highest BCUT2D eigenvalue weighted by Crippen LogP contribution is 2.18. The van der Waals surface area contributed by atoms with Gasteiger partial charge in [-0.05, 0) is 26.7 Å². The number of amides is 1. The number of hydrogen-bond donors (Lipinski definition) is 1. The molecule has 18 heavy (non-hydrogen) atoms. The highest BCUT2D eigenvalue weighted by atomic mass is 16.2. The fraction of sp³-hybridized carbons (Fsp3) is 0.857. The first-order valence-corrected chi connectivity index (χ1v) is 7.14. The van der Waals surface area contributed by atoms with Crippen LogP contribution in [-0.4, -0.2) is 36.0 Å². The standard InChI is InChI=1S/C14H25N3O/c1-3-17(4-2)14(18)10-13(11-15)16-12-8-6-5-7-9-12/h12-13,16H,3-10H2,1-2H3. The predicted molar refractivity (Wildman–Crippen MR) is 72.0 cm³/mol. The molecule has 0 heterocycles. The van der Waals surface area contributed by atoms with Crippen molar-refractivity contribution in [2.45, 2.75) is 64.5 Å². The van der Waals surface area contributed by atoms with Crippen LogP contribution in [0.4, 0.5) is 0 Å². The molecule has 0 aromatic heterocycles. The smallest absolute Gasteiger partial charge is 0.225 e. The topological polar surface area (TPSA) is 56.1 Å². The maximum absolute atomic E-state index is 12.0. The van der Waals surface area contributed by atoms with Crippen LogP contribution in [0.25, 0.3) is 0 Å². The van der Waals surface area contributed by atoms with Crippen molar-refractivity contribution in [1.29, 1.82) is 5.26 Å². The van der Waals surface area contributed by atoms with Crippen molar-refractivity contribution in [3.05, 3.63) is 0 Å². The zero-order valence-electron chi connectivity index (χ0n) is 11.6. The van der Waals surface area contributed by atoms with Gasteiger partial charge in [0.15, 0.2) is 0 Å². The molecule has 1 fully saturated rings. The Kier molecular flexibility index (Phi) is 6.74. The molecule has 0 aromatic rings. The highest BCUT2D eigenvalue weighted by Gasteiger charge is 2.21. The maximum atomic E-state index is 12.0. The van der Waals surface area contributed by atoms with E-state index in [0.717, 1.165) is 25.9 Å². The number of hydrogen-bond acceptors (Lipinski definition) is 3. The minimum atomic E-state index is -0.332. The molecule has 1 atom stereocenters. The summed E-state index contributed by atoms with van der Waals surface area (Å²) in [6.45, 7) is 5.38. The van der Waals surface area contributed by atoms with E-state index in [1.54, 1.807) is 4.90 Å². The minimum Gasteiger partial charge on any atom is -0.343 e. The van der Waals surface area contributed by atoms with E-state index in [0.29, 0.717) is 12.5 Å². The summed E-state index contributed by atoms with van der Waals surface area (Å²) in [6, 6.07) is 2.32. The summed E-state index contributed by atoms with van der Waals surface area (Å²) >= 11 is 0. The van der Waals surface area contributed by atoms with Crippen LogP contribution in [0.3, 0.4) is 0 Å². The van der Waals surface area contributed by atoms with Crippen molar-refractivity contribution < 1.29 is 4.79 Å². The molecule has 1 amide bonds. The largest absolute Gasteiger partial charge is 0.343 e. The van der Waals surface area contributed by atoms with Gasteiger partial charge in [0.2, 0.25) is 5.91 Å². The summed E-state index contributed by atoms with van der Waals surface area (Å²) in [4.78, 5) is 13.7. The van der Waals surface area contributed by atoms with Crippen LogP contribution in [0.1, 0.15) is 52.4 Å². The van der Waals surface area contributed by atoms with Gasteiger partial charge in [-0.1, -0.05) is 19.3 Å². The molecule has 0 spiro atoms. The first-order chi connectivity index (χ1) is 8.71. The molecule has 0 saturated heterocycles. The number of nitriles is 1. The second-order valence-electron chi connectivity index (χ2n) is 4.95. The average molecular weight is 251 g/mol. The van der Waals surface area contributed by atoms with Gasteiger partial charge >= 0.3 is 0 Å². The van der Waals surface area contributed by atoms with E-state index >= 15 is 0 Å². The average Bonchev–Trinajstić information content (AvgIpc) is 2.40. The van der Waals surface area contributed by atoms with Gasteiger partial charge in [0.25, 0.3) is 0 Å². The zero-order chi connectivity index (χ0) is 13.4. The maximum Gasteiger partial charge on any atom is 0.225 e. The molecular formula is C14H25N3O. The lowest BCUT2D eigenvalue weighted by atomic mass is 9.94. The minimum absolute atomic E-state index is 0.0786. The quantitative estimate of drug-likeness (QED) is 0.786. The zero-order valence-corrected chi connectivity index (χ0v) is 11.6. The fourth-order valence-electron chi connectivity index (χ4n) is 2.58. The van der Waals surface area contributed by atoms with Gasteiger partial charge in [-0.25, -0.2) is 0 Å². The van der Waals surface area contributed by atoms with Crippen molar-refractivity contribution in [2.75, 3.05) is 13.1 Å². The van der Waals surface area contributed by atoms with E-state index < -0.39 is 0 Å². The van der Waals surface area contributed by atoms with Crippen molar-refractivity contribution in [2.24, 2.45) is 0 Å². The number of nitrogens with zero attached hydrogens (tertiary/aromatic N) is 2. The van der Waals surface area contributed by atoms with Crippen LogP contribution in [-0.2, 0) is 4.79 Å². The molecule has 1 rings (SSSR count). The van der Waals surface area contributed by atoms with E-state index in [1.165, 1.54) is 19.3 Å². The van der Waals surface area contributed by atoms with Crippen LogP contribution in [0.15, 0.2) is 0 Å². The first kappa shape index (κ1) is 15.0. The number of carbonyl (C=O) groups is 1. The van der Waals surface area contributed by atoms with Gasteiger partial charge < -0.3 is 4.90 Å². The predicted octanol–water partition coefficient (Wildman–Crippen LogP) is 2.06. The van der Waals surface area contributed by atoms with Crippen molar-refractivity contribution in [3.8, 4) is 6.07 Å². The molecule has 0 aromatic carbocycles. The molecule has 1 unspecified atom stereocenters. The monoisotopic (exact) mass is 251 g/mol. The number of rotatable bonds is 6. The Balaban J connectivity index is 2.41. The van der Waals surface area contributed by atoms with Crippen LogP contribution >= 0.6 is 0 Å². The van der Waals surface area contributed by atoms with Crippen LogP contribution < -0.4 is 5.32 Å². The molecule has 4 heteroatoms. The third-order valence-electron chi connectivity index (χ3n) is 3.69. The molecule has 0 aliphatic heterocycles. The molecule has 102 valence electrons. The van der Waals surface area contributed by atoms with Gasteiger partial charge in [0.1, 0.15) is 6.04 Å². The molecular weight excluding hydrogens is 226 g/mol. The Hall–Kier alpha value is -1.08. The van der Waals surface area contributed by atoms with E-state index in [-0.39, 0.29) is 11.9 Å². The van der Waals surface area contributed by atoms with Crippen molar-refractivity contribution in [3.63, 3.8) is 0 Å². The molecule has 4 nitrogen and oxygen atoms in total. The normalized spacial score (nSPS) is 18.1. The fourth-order valence-corrected chi connectivity index (χ4v) is 2.58. The molecule has 1 saturated carbocycles. The van der Waals surface area contributed by atoms with E-state index in [4.69, 9.17) is 5.26 Å². The first-order valence-electron chi connectivity index (χ1n) is 7.14. The third kappa shape index (κ3) is 4.66. The van der Waals surface area contributed by atoms with Gasteiger partial charge in [0, 0.05) is 19.1 Å². The molecule has 0 radical (unpaired) electrons. The van der Waals surface area contributed by atoms with Crippen LogP contribution in [0.5, 0.6) is 0 Å². The molecule has 1 aliphatic carbocycles. The Bertz CT molecular complexity index is 288. The van der Waals surface area contributed by atoms with Gasteiger partial charge in [-0.3, -0.25) is 10.1 Å². The van der Waals surface area contributed by atoms with Gasteiger partial charge in [-0.2, -0.15) is 5.26 Å². The Morgan fingerprint density at radius 3 is 2.44 bits per heavy atom. The summed E-state index contributed by atoms with van der Waals surface area (Å²) in [5.41, 5.74) is 0. The molecule has 1 N–H and O–H groups in total. The van der Waals surface area contributed by atoms with E-state index in [9.17, 15) is 4.79 Å². The summed E-state index contributed by atoms with van der Waals surface area (Å²) in [5, 5.41) is 12.5. The van der Waals surface area contributed by atoms with Crippen LogP contribution in [0, 0.1) is 11.3 Å². The van der Waals surface area contributed by atoms with E-state index in [1.807, 2.05) is 13.8 Å². The lowest BCUT2D eigenvalue weighted by Gasteiger charge is -2.26.